The van der Waals surface area contributed by atoms with Gasteiger partial charge in [0, 0.05) is 19.7 Å². The normalized spacial score (nSPS) is 31.4. The summed E-state index contributed by atoms with van der Waals surface area (Å²) >= 11 is 0. The topological polar surface area (TPSA) is 29.5 Å². The molecule has 0 aromatic rings. The molecule has 92 valence electrons. The van der Waals surface area contributed by atoms with Crippen LogP contribution in [0.5, 0.6) is 0 Å². The second-order valence-corrected chi connectivity index (χ2v) is 5.63. The van der Waals surface area contributed by atoms with Crippen molar-refractivity contribution in [3.63, 3.8) is 0 Å². The molecule has 3 nitrogen and oxygen atoms in total. The fourth-order valence-electron chi connectivity index (χ4n) is 3.11. The zero-order chi connectivity index (χ0) is 11.4. The van der Waals surface area contributed by atoms with Crippen molar-refractivity contribution in [1.29, 1.82) is 0 Å². The maximum Gasteiger partial charge on any atom is 0.129 e. The van der Waals surface area contributed by atoms with Gasteiger partial charge in [-0.1, -0.05) is 12.8 Å². The van der Waals surface area contributed by atoms with E-state index in [2.05, 4.69) is 11.9 Å². The van der Waals surface area contributed by atoms with Crippen molar-refractivity contribution >= 4 is 6.29 Å². The Kier molecular flexibility index (Phi) is 3.98. The van der Waals surface area contributed by atoms with Gasteiger partial charge in [0.2, 0.25) is 0 Å². The molecule has 1 atom stereocenters. The van der Waals surface area contributed by atoms with E-state index in [1.807, 2.05) is 0 Å². The Bertz CT molecular complexity index is 230. The molecule has 2 rings (SSSR count). The first-order chi connectivity index (χ1) is 7.74. The molecule has 0 amide bonds. The van der Waals surface area contributed by atoms with Gasteiger partial charge in [-0.25, -0.2) is 0 Å². The maximum absolute atomic E-state index is 11.2. The number of nitrogens with zero attached hydrogens (tertiary/aromatic N) is 1. The van der Waals surface area contributed by atoms with Gasteiger partial charge in [0.1, 0.15) is 6.29 Å². The minimum atomic E-state index is -0.215. The average molecular weight is 225 g/mol. The van der Waals surface area contributed by atoms with Crippen molar-refractivity contribution in [2.45, 2.75) is 32.1 Å². The molecular formula is C13H23NO2. The number of aldehydes is 1. The van der Waals surface area contributed by atoms with E-state index >= 15 is 0 Å². The van der Waals surface area contributed by atoms with E-state index in [4.69, 9.17) is 4.74 Å². The Morgan fingerprint density at radius 1 is 1.44 bits per heavy atom. The Labute approximate surface area is 98.1 Å². The highest BCUT2D eigenvalue weighted by Crippen LogP contribution is 2.29. The van der Waals surface area contributed by atoms with Gasteiger partial charge in [-0.15, -0.1) is 0 Å². The molecule has 0 radical (unpaired) electrons. The van der Waals surface area contributed by atoms with Crippen LogP contribution >= 0.6 is 0 Å². The predicted octanol–water partition coefficient (Wildman–Crippen LogP) is 1.71. The standard InChI is InChI=1S/C13H23NO2/c1-14(8-12-4-2-3-5-12)9-13(10-15)6-7-16-11-13/h10,12H,2-9,11H2,1H3. The van der Waals surface area contributed by atoms with E-state index in [1.54, 1.807) is 0 Å². The second kappa shape index (κ2) is 5.28. The molecular weight excluding hydrogens is 202 g/mol. The summed E-state index contributed by atoms with van der Waals surface area (Å²) in [7, 11) is 2.14. The van der Waals surface area contributed by atoms with Gasteiger partial charge in [-0.05, 0) is 32.2 Å². The lowest BCUT2D eigenvalue weighted by molar-refractivity contribution is -0.117. The Balaban J connectivity index is 1.80. The van der Waals surface area contributed by atoms with Crippen LogP contribution in [-0.2, 0) is 9.53 Å². The van der Waals surface area contributed by atoms with Crippen LogP contribution in [0.1, 0.15) is 32.1 Å². The quantitative estimate of drug-likeness (QED) is 0.667. The highest BCUT2D eigenvalue weighted by Gasteiger charge is 2.36. The highest BCUT2D eigenvalue weighted by atomic mass is 16.5. The van der Waals surface area contributed by atoms with Crippen molar-refractivity contribution in [2.75, 3.05) is 33.4 Å². The third-order valence-electron chi connectivity index (χ3n) is 4.01. The fraction of sp³-hybridized carbons (Fsp3) is 0.923. The van der Waals surface area contributed by atoms with Crippen molar-refractivity contribution < 1.29 is 9.53 Å². The van der Waals surface area contributed by atoms with Gasteiger partial charge in [0.25, 0.3) is 0 Å². The fourth-order valence-corrected chi connectivity index (χ4v) is 3.11. The van der Waals surface area contributed by atoms with E-state index in [0.717, 1.165) is 38.3 Å². The van der Waals surface area contributed by atoms with E-state index in [-0.39, 0.29) is 5.41 Å². The zero-order valence-electron chi connectivity index (χ0n) is 10.3. The van der Waals surface area contributed by atoms with Crippen molar-refractivity contribution in [2.24, 2.45) is 11.3 Å². The van der Waals surface area contributed by atoms with Crippen LogP contribution in [0.2, 0.25) is 0 Å². The molecule has 3 heteroatoms. The summed E-state index contributed by atoms with van der Waals surface area (Å²) in [6, 6.07) is 0. The van der Waals surface area contributed by atoms with Crippen molar-refractivity contribution in [3.05, 3.63) is 0 Å². The molecule has 16 heavy (non-hydrogen) atoms. The van der Waals surface area contributed by atoms with Crippen LogP contribution < -0.4 is 0 Å². The molecule has 1 saturated heterocycles. The number of carbonyl (C=O) groups excluding carboxylic acids is 1. The van der Waals surface area contributed by atoms with Crippen LogP contribution in [0.15, 0.2) is 0 Å². The zero-order valence-corrected chi connectivity index (χ0v) is 10.3. The lowest BCUT2D eigenvalue weighted by Gasteiger charge is -2.28. The summed E-state index contributed by atoms with van der Waals surface area (Å²) in [6.45, 7) is 3.38. The summed E-state index contributed by atoms with van der Waals surface area (Å²) in [5.74, 6) is 0.857. The Hall–Kier alpha value is -0.410. The monoisotopic (exact) mass is 225 g/mol. The molecule has 0 bridgehead atoms. The average Bonchev–Trinajstić information content (AvgIpc) is 2.90. The van der Waals surface area contributed by atoms with Crippen LogP contribution in [0.4, 0.5) is 0 Å². The first kappa shape index (κ1) is 12.1. The number of carbonyl (C=O) groups is 1. The first-order valence-electron chi connectivity index (χ1n) is 6.47. The van der Waals surface area contributed by atoms with Gasteiger partial charge < -0.3 is 14.4 Å². The minimum absolute atomic E-state index is 0.215. The minimum Gasteiger partial charge on any atom is -0.380 e. The first-order valence-corrected chi connectivity index (χ1v) is 6.47. The van der Waals surface area contributed by atoms with Crippen molar-refractivity contribution in [1.82, 2.24) is 4.90 Å². The van der Waals surface area contributed by atoms with Gasteiger partial charge in [0.15, 0.2) is 0 Å². The Morgan fingerprint density at radius 2 is 2.19 bits per heavy atom. The highest BCUT2D eigenvalue weighted by molar-refractivity contribution is 5.60. The largest absolute Gasteiger partial charge is 0.380 e. The molecule has 1 saturated carbocycles. The van der Waals surface area contributed by atoms with E-state index in [9.17, 15) is 4.79 Å². The van der Waals surface area contributed by atoms with Crippen LogP contribution in [-0.4, -0.2) is 44.5 Å². The molecule has 2 fully saturated rings. The van der Waals surface area contributed by atoms with Gasteiger partial charge in [-0.3, -0.25) is 0 Å². The molecule has 2 aliphatic rings. The molecule has 1 unspecified atom stereocenters. The van der Waals surface area contributed by atoms with Gasteiger partial charge in [-0.2, -0.15) is 0 Å². The summed E-state index contributed by atoms with van der Waals surface area (Å²) < 4.78 is 5.36. The van der Waals surface area contributed by atoms with Crippen LogP contribution in [0.3, 0.4) is 0 Å². The van der Waals surface area contributed by atoms with Crippen molar-refractivity contribution in [3.8, 4) is 0 Å². The smallest absolute Gasteiger partial charge is 0.129 e. The van der Waals surface area contributed by atoms with Crippen LogP contribution in [0, 0.1) is 11.3 Å². The molecule has 1 aliphatic heterocycles. The summed E-state index contributed by atoms with van der Waals surface area (Å²) in [5.41, 5.74) is -0.215. The third-order valence-corrected chi connectivity index (χ3v) is 4.01. The van der Waals surface area contributed by atoms with Gasteiger partial charge in [0.05, 0.1) is 12.0 Å². The lowest BCUT2D eigenvalue weighted by Crippen LogP contribution is -2.39. The molecule has 1 heterocycles. The summed E-state index contributed by atoms with van der Waals surface area (Å²) in [4.78, 5) is 13.5. The molecule has 0 N–H and O–H groups in total. The predicted molar refractivity (Wildman–Crippen MR) is 63.4 cm³/mol. The third kappa shape index (κ3) is 2.83. The lowest BCUT2D eigenvalue weighted by atomic mass is 9.88. The summed E-state index contributed by atoms with van der Waals surface area (Å²) in [6.07, 6.45) is 7.53. The number of ether oxygens (including phenoxy) is 1. The summed E-state index contributed by atoms with van der Waals surface area (Å²) in [5, 5.41) is 0. The molecule has 0 spiro atoms. The second-order valence-electron chi connectivity index (χ2n) is 5.63. The number of hydrogen-bond acceptors (Lipinski definition) is 3. The SMILES string of the molecule is CN(CC1CCCC1)CC1(C=O)CCOC1. The van der Waals surface area contributed by atoms with E-state index < -0.39 is 0 Å². The maximum atomic E-state index is 11.2. The molecule has 1 aliphatic carbocycles. The molecule has 0 aromatic carbocycles. The number of rotatable bonds is 5. The number of hydrogen-bond donors (Lipinski definition) is 0. The van der Waals surface area contributed by atoms with E-state index in [1.165, 1.54) is 25.7 Å². The Morgan fingerprint density at radius 3 is 2.75 bits per heavy atom. The van der Waals surface area contributed by atoms with Gasteiger partial charge >= 0.3 is 0 Å². The molecule has 0 aromatic heterocycles. The van der Waals surface area contributed by atoms with E-state index in [0.29, 0.717) is 6.61 Å². The van der Waals surface area contributed by atoms with Crippen LogP contribution in [0.25, 0.3) is 0 Å².